The Morgan fingerprint density at radius 1 is 1.43 bits per heavy atom. The Hall–Kier alpha value is -0.280. The fraction of sp³-hybridized carbons (Fsp3) is 0.400. The molecule has 0 aromatic heterocycles. The molecule has 0 aliphatic heterocycles. The van der Waals surface area contributed by atoms with Crippen LogP contribution in [0, 0.1) is 0 Å². The second-order valence-electron chi connectivity index (χ2n) is 3.20. The van der Waals surface area contributed by atoms with Crippen molar-refractivity contribution in [2.45, 2.75) is 19.5 Å². The first-order chi connectivity index (χ1) is 6.63. The molecular formula is C10H13Cl2NO. The number of aliphatic hydroxyl groups is 1. The Balaban J connectivity index is 2.62. The molecule has 0 bridgehead atoms. The Bertz CT molecular complexity index is 304. The van der Waals surface area contributed by atoms with Gasteiger partial charge >= 0.3 is 0 Å². The van der Waals surface area contributed by atoms with Gasteiger partial charge in [-0.15, -0.1) is 0 Å². The van der Waals surface area contributed by atoms with Gasteiger partial charge in [-0.1, -0.05) is 23.2 Å². The molecule has 0 aliphatic carbocycles. The minimum Gasteiger partial charge on any atom is -0.395 e. The first kappa shape index (κ1) is 11.8. The molecular weight excluding hydrogens is 221 g/mol. The van der Waals surface area contributed by atoms with Crippen molar-refractivity contribution in [2.24, 2.45) is 0 Å². The maximum Gasteiger partial charge on any atom is 0.0582 e. The smallest absolute Gasteiger partial charge is 0.0582 e. The molecule has 1 unspecified atom stereocenters. The largest absolute Gasteiger partial charge is 0.395 e. The van der Waals surface area contributed by atoms with Crippen LogP contribution in [0.25, 0.3) is 0 Å². The summed E-state index contributed by atoms with van der Waals surface area (Å²) in [5, 5.41) is 13.3. The molecule has 1 aromatic rings. The lowest BCUT2D eigenvalue weighted by molar-refractivity contribution is 0.251. The van der Waals surface area contributed by atoms with Crippen molar-refractivity contribution < 1.29 is 5.11 Å². The molecule has 1 atom stereocenters. The summed E-state index contributed by atoms with van der Waals surface area (Å²) in [6.45, 7) is 2.62. The van der Waals surface area contributed by atoms with Crippen LogP contribution in [-0.2, 0) is 6.54 Å². The highest BCUT2D eigenvalue weighted by atomic mass is 35.5. The van der Waals surface area contributed by atoms with Crippen LogP contribution in [0.4, 0.5) is 0 Å². The molecule has 2 nitrogen and oxygen atoms in total. The van der Waals surface area contributed by atoms with Crippen molar-refractivity contribution in [3.63, 3.8) is 0 Å². The molecule has 0 saturated heterocycles. The maximum absolute atomic E-state index is 8.82. The quantitative estimate of drug-likeness (QED) is 0.838. The summed E-state index contributed by atoms with van der Waals surface area (Å²) in [5.74, 6) is 0. The van der Waals surface area contributed by atoms with Gasteiger partial charge in [-0.05, 0) is 30.7 Å². The summed E-state index contributed by atoms with van der Waals surface area (Å²) >= 11 is 11.8. The molecule has 1 rings (SSSR count). The lowest BCUT2D eigenvalue weighted by Crippen LogP contribution is -2.28. The van der Waals surface area contributed by atoms with Gasteiger partial charge in [-0.2, -0.15) is 0 Å². The number of hydrogen-bond donors (Lipinski definition) is 2. The molecule has 78 valence electrons. The SMILES string of the molecule is CC(CO)NCc1cc(Cl)ccc1Cl. The van der Waals surface area contributed by atoms with E-state index in [-0.39, 0.29) is 12.6 Å². The van der Waals surface area contributed by atoms with Crippen LogP contribution in [-0.4, -0.2) is 17.8 Å². The topological polar surface area (TPSA) is 32.3 Å². The van der Waals surface area contributed by atoms with Crippen LogP contribution in [0.5, 0.6) is 0 Å². The monoisotopic (exact) mass is 233 g/mol. The van der Waals surface area contributed by atoms with E-state index in [1.165, 1.54) is 0 Å². The predicted octanol–water partition coefficient (Wildman–Crippen LogP) is 2.46. The Labute approximate surface area is 93.8 Å². The van der Waals surface area contributed by atoms with E-state index in [1.54, 1.807) is 12.1 Å². The second-order valence-corrected chi connectivity index (χ2v) is 4.04. The molecule has 2 N–H and O–H groups in total. The number of aliphatic hydroxyl groups excluding tert-OH is 1. The van der Waals surface area contributed by atoms with E-state index in [4.69, 9.17) is 28.3 Å². The number of halogens is 2. The molecule has 14 heavy (non-hydrogen) atoms. The average Bonchev–Trinajstić information content (AvgIpc) is 2.19. The van der Waals surface area contributed by atoms with Crippen molar-refractivity contribution in [1.29, 1.82) is 0 Å². The molecule has 0 spiro atoms. The van der Waals surface area contributed by atoms with E-state index < -0.39 is 0 Å². The van der Waals surface area contributed by atoms with Crippen molar-refractivity contribution >= 4 is 23.2 Å². The van der Waals surface area contributed by atoms with Crippen molar-refractivity contribution in [3.05, 3.63) is 33.8 Å². The van der Waals surface area contributed by atoms with Crippen LogP contribution in [0.3, 0.4) is 0 Å². The number of rotatable bonds is 4. The van der Waals surface area contributed by atoms with Crippen molar-refractivity contribution in [3.8, 4) is 0 Å². The third-order valence-electron chi connectivity index (χ3n) is 1.92. The lowest BCUT2D eigenvalue weighted by Gasteiger charge is -2.11. The van der Waals surface area contributed by atoms with Gasteiger partial charge in [0.15, 0.2) is 0 Å². The lowest BCUT2D eigenvalue weighted by atomic mass is 10.2. The highest BCUT2D eigenvalue weighted by Gasteiger charge is 2.03. The van der Waals surface area contributed by atoms with Crippen LogP contribution >= 0.6 is 23.2 Å². The fourth-order valence-corrected chi connectivity index (χ4v) is 1.41. The van der Waals surface area contributed by atoms with Gasteiger partial charge in [0.25, 0.3) is 0 Å². The zero-order valence-electron chi connectivity index (χ0n) is 7.93. The zero-order valence-corrected chi connectivity index (χ0v) is 9.44. The maximum atomic E-state index is 8.82. The van der Waals surface area contributed by atoms with Gasteiger partial charge < -0.3 is 10.4 Å². The van der Waals surface area contributed by atoms with E-state index in [0.29, 0.717) is 16.6 Å². The fourth-order valence-electron chi connectivity index (χ4n) is 1.03. The second kappa shape index (κ2) is 5.56. The molecule has 4 heteroatoms. The van der Waals surface area contributed by atoms with Gasteiger partial charge in [0.05, 0.1) is 6.61 Å². The average molecular weight is 234 g/mol. The van der Waals surface area contributed by atoms with Crippen LogP contribution in [0.15, 0.2) is 18.2 Å². The van der Waals surface area contributed by atoms with E-state index in [0.717, 1.165) is 5.56 Å². The van der Waals surface area contributed by atoms with E-state index in [1.807, 2.05) is 13.0 Å². The first-order valence-corrected chi connectivity index (χ1v) is 5.17. The van der Waals surface area contributed by atoms with E-state index in [2.05, 4.69) is 5.32 Å². The van der Waals surface area contributed by atoms with Gasteiger partial charge in [0, 0.05) is 22.6 Å². The Morgan fingerprint density at radius 2 is 2.14 bits per heavy atom. The summed E-state index contributed by atoms with van der Waals surface area (Å²) in [4.78, 5) is 0. The molecule has 0 saturated carbocycles. The number of hydrogen-bond acceptors (Lipinski definition) is 2. The van der Waals surface area contributed by atoms with Gasteiger partial charge in [0.1, 0.15) is 0 Å². The number of benzene rings is 1. The van der Waals surface area contributed by atoms with Crippen molar-refractivity contribution in [1.82, 2.24) is 5.32 Å². The van der Waals surface area contributed by atoms with Crippen LogP contribution < -0.4 is 5.32 Å². The molecule has 0 aliphatic rings. The minimum absolute atomic E-state index is 0.0602. The Kier molecular flexibility index (Phi) is 4.69. The molecule has 0 heterocycles. The first-order valence-electron chi connectivity index (χ1n) is 4.41. The highest BCUT2D eigenvalue weighted by Crippen LogP contribution is 2.20. The minimum atomic E-state index is 0.0602. The van der Waals surface area contributed by atoms with Crippen LogP contribution in [0.2, 0.25) is 10.0 Å². The summed E-state index contributed by atoms with van der Waals surface area (Å²) in [6, 6.07) is 5.40. The third kappa shape index (κ3) is 3.46. The summed E-state index contributed by atoms with van der Waals surface area (Å²) < 4.78 is 0. The van der Waals surface area contributed by atoms with E-state index in [9.17, 15) is 0 Å². The summed E-state index contributed by atoms with van der Waals surface area (Å²) in [7, 11) is 0. The van der Waals surface area contributed by atoms with E-state index >= 15 is 0 Å². The molecule has 0 fully saturated rings. The summed E-state index contributed by atoms with van der Waals surface area (Å²) in [6.07, 6.45) is 0. The van der Waals surface area contributed by atoms with Gasteiger partial charge in [-0.25, -0.2) is 0 Å². The summed E-state index contributed by atoms with van der Waals surface area (Å²) in [5.41, 5.74) is 0.944. The number of nitrogens with one attached hydrogen (secondary N) is 1. The molecule has 0 amide bonds. The normalized spacial score (nSPS) is 12.9. The zero-order chi connectivity index (χ0) is 10.6. The molecule has 0 radical (unpaired) electrons. The predicted molar refractivity (Wildman–Crippen MR) is 59.8 cm³/mol. The molecule has 1 aromatic carbocycles. The standard InChI is InChI=1S/C10H13Cl2NO/c1-7(6-14)13-5-8-4-9(11)2-3-10(8)12/h2-4,7,13-14H,5-6H2,1H3. The van der Waals surface area contributed by atoms with Gasteiger partial charge in [0.2, 0.25) is 0 Å². The Morgan fingerprint density at radius 3 is 2.79 bits per heavy atom. The van der Waals surface area contributed by atoms with Gasteiger partial charge in [-0.3, -0.25) is 0 Å². The van der Waals surface area contributed by atoms with Crippen molar-refractivity contribution in [2.75, 3.05) is 6.61 Å². The van der Waals surface area contributed by atoms with Crippen LogP contribution in [0.1, 0.15) is 12.5 Å². The third-order valence-corrected chi connectivity index (χ3v) is 2.53. The highest BCUT2D eigenvalue weighted by molar-refractivity contribution is 6.33.